The molecule has 1 aromatic carbocycles. The lowest BCUT2D eigenvalue weighted by molar-refractivity contribution is -0.0540. The Kier molecular flexibility index (Phi) is 7.42. The average Bonchev–Trinajstić information content (AvgIpc) is 2.69. The molecule has 1 unspecified atom stereocenters. The number of ether oxygens (including phenoxy) is 2. The number of nitrogen functional groups attached to an aromatic ring is 1. The summed E-state index contributed by atoms with van der Waals surface area (Å²) in [5, 5.41) is 9.03. The number of aromatic nitrogens is 2. The molecule has 0 radical (unpaired) electrons. The van der Waals surface area contributed by atoms with Crippen LogP contribution in [0.5, 0.6) is 0 Å². The summed E-state index contributed by atoms with van der Waals surface area (Å²) in [4.78, 5) is 8.52. The number of nitrogens with zero attached hydrogens (tertiary/aromatic N) is 2. The van der Waals surface area contributed by atoms with Crippen LogP contribution in [0.3, 0.4) is 0 Å². The molecule has 1 aromatic heterocycles. The van der Waals surface area contributed by atoms with Crippen LogP contribution in [0.4, 0.5) is 5.82 Å². The van der Waals surface area contributed by atoms with Crippen molar-refractivity contribution in [2.75, 3.05) is 18.9 Å². The van der Waals surface area contributed by atoms with Crippen LogP contribution in [0.1, 0.15) is 36.6 Å². The van der Waals surface area contributed by atoms with E-state index in [-0.39, 0.29) is 13.2 Å². The maximum Gasteiger partial charge on any atom is 0.174 e. The van der Waals surface area contributed by atoms with Gasteiger partial charge in [0.15, 0.2) is 5.76 Å². The van der Waals surface area contributed by atoms with Gasteiger partial charge in [0.25, 0.3) is 0 Å². The molecule has 1 aliphatic carbocycles. The zero-order chi connectivity index (χ0) is 20.6. The molecule has 0 spiro atoms. The van der Waals surface area contributed by atoms with E-state index in [4.69, 9.17) is 20.3 Å². The molecule has 3 N–H and O–H groups in total. The Morgan fingerprint density at radius 2 is 2.07 bits per heavy atom. The predicted octanol–water partition coefficient (Wildman–Crippen LogP) is 3.37. The van der Waals surface area contributed by atoms with E-state index in [2.05, 4.69) is 41.3 Å². The van der Waals surface area contributed by atoms with Gasteiger partial charge in [0.2, 0.25) is 0 Å². The first kappa shape index (κ1) is 21.1. The number of benzene rings is 1. The van der Waals surface area contributed by atoms with Crippen LogP contribution >= 0.6 is 0 Å². The van der Waals surface area contributed by atoms with Crippen molar-refractivity contribution in [3.05, 3.63) is 65.8 Å². The van der Waals surface area contributed by atoms with E-state index in [0.29, 0.717) is 41.7 Å². The first-order valence-electron chi connectivity index (χ1n) is 10.0. The molecule has 1 saturated carbocycles. The van der Waals surface area contributed by atoms with Gasteiger partial charge < -0.3 is 20.3 Å². The van der Waals surface area contributed by atoms with Crippen molar-refractivity contribution >= 4 is 11.6 Å². The standard InChI is InChI=1S/C23H29N3O3/c1-3-21(28-10-9-27)22-20(25-15-26-23(22)24)11-16(2)18-12-19(13-18)29-14-17-7-5-4-6-8-17/h4-8,15-16,18-19,27H,1,9-14H2,2H3,(H2,24,25,26)/t16?,18-,19-. The van der Waals surface area contributed by atoms with Crippen LogP contribution in [0.2, 0.25) is 0 Å². The fourth-order valence-electron chi connectivity index (χ4n) is 3.67. The monoisotopic (exact) mass is 395 g/mol. The Labute approximate surface area is 172 Å². The molecule has 0 saturated heterocycles. The molecular weight excluding hydrogens is 366 g/mol. The third-order valence-electron chi connectivity index (χ3n) is 5.46. The van der Waals surface area contributed by atoms with Crippen LogP contribution < -0.4 is 5.73 Å². The SMILES string of the molecule is C=C=C(OCCO)c1c(N)ncnc1CC(C)[C@H]1C[C@H](OCc2ccccc2)C1. The molecule has 0 aliphatic heterocycles. The zero-order valence-corrected chi connectivity index (χ0v) is 16.9. The maximum atomic E-state index is 9.03. The second-order valence-electron chi connectivity index (χ2n) is 7.49. The van der Waals surface area contributed by atoms with Crippen LogP contribution in [0, 0.1) is 11.8 Å². The summed E-state index contributed by atoms with van der Waals surface area (Å²) in [7, 11) is 0. The van der Waals surface area contributed by atoms with E-state index < -0.39 is 0 Å². The molecule has 0 bridgehead atoms. The average molecular weight is 396 g/mol. The molecule has 1 atom stereocenters. The Hall–Kier alpha value is -2.66. The lowest BCUT2D eigenvalue weighted by Gasteiger charge is -2.39. The highest BCUT2D eigenvalue weighted by Gasteiger charge is 2.34. The number of nitrogens with two attached hydrogens (primary N) is 1. The zero-order valence-electron chi connectivity index (χ0n) is 16.9. The molecule has 2 aromatic rings. The van der Waals surface area contributed by atoms with E-state index in [1.54, 1.807) is 0 Å². The van der Waals surface area contributed by atoms with E-state index in [9.17, 15) is 0 Å². The normalized spacial score (nSPS) is 19.1. The molecule has 6 heteroatoms. The van der Waals surface area contributed by atoms with Gasteiger partial charge in [-0.1, -0.05) is 49.6 Å². The molecule has 3 rings (SSSR count). The van der Waals surface area contributed by atoms with Crippen LogP contribution in [0.15, 0.2) is 49.0 Å². The Bertz CT molecular complexity index is 844. The van der Waals surface area contributed by atoms with Gasteiger partial charge in [-0.2, -0.15) is 0 Å². The van der Waals surface area contributed by atoms with Gasteiger partial charge in [0.05, 0.1) is 30.6 Å². The molecular formula is C23H29N3O3. The number of hydrogen-bond acceptors (Lipinski definition) is 6. The topological polar surface area (TPSA) is 90.5 Å². The highest BCUT2D eigenvalue weighted by Crippen LogP contribution is 2.38. The first-order chi connectivity index (χ1) is 14.1. The van der Waals surface area contributed by atoms with Crippen LogP contribution in [-0.4, -0.2) is 34.4 Å². The predicted molar refractivity (Wildman–Crippen MR) is 113 cm³/mol. The summed E-state index contributed by atoms with van der Waals surface area (Å²) < 4.78 is 11.6. The molecule has 0 amide bonds. The first-order valence-corrected chi connectivity index (χ1v) is 10.0. The highest BCUT2D eigenvalue weighted by molar-refractivity contribution is 5.69. The van der Waals surface area contributed by atoms with E-state index in [0.717, 1.165) is 25.0 Å². The van der Waals surface area contributed by atoms with Crippen molar-refractivity contribution in [3.8, 4) is 0 Å². The highest BCUT2D eigenvalue weighted by atomic mass is 16.5. The van der Waals surface area contributed by atoms with E-state index in [1.165, 1.54) is 11.9 Å². The minimum Gasteiger partial charge on any atom is -0.483 e. The van der Waals surface area contributed by atoms with Crippen molar-refractivity contribution in [1.82, 2.24) is 9.97 Å². The molecule has 6 nitrogen and oxygen atoms in total. The summed E-state index contributed by atoms with van der Waals surface area (Å²) in [5.41, 5.74) is 11.5. The van der Waals surface area contributed by atoms with Crippen molar-refractivity contribution < 1.29 is 14.6 Å². The molecule has 154 valence electrons. The van der Waals surface area contributed by atoms with Crippen molar-refractivity contribution in [3.63, 3.8) is 0 Å². The minimum absolute atomic E-state index is 0.100. The van der Waals surface area contributed by atoms with Gasteiger partial charge >= 0.3 is 0 Å². The third kappa shape index (κ3) is 5.45. The summed E-state index contributed by atoms with van der Waals surface area (Å²) in [5.74, 6) is 1.72. The number of rotatable bonds is 10. The number of aliphatic hydroxyl groups excluding tert-OH is 1. The van der Waals surface area contributed by atoms with E-state index in [1.807, 2.05) is 18.2 Å². The summed E-state index contributed by atoms with van der Waals surface area (Å²) >= 11 is 0. The van der Waals surface area contributed by atoms with E-state index >= 15 is 0 Å². The fraction of sp³-hybridized carbons (Fsp3) is 0.435. The lowest BCUT2D eigenvalue weighted by atomic mass is 9.72. The maximum absolute atomic E-state index is 9.03. The van der Waals surface area contributed by atoms with Crippen molar-refractivity contribution in [2.45, 2.75) is 38.9 Å². The smallest absolute Gasteiger partial charge is 0.174 e. The van der Waals surface area contributed by atoms with Crippen LogP contribution in [0.25, 0.3) is 5.76 Å². The largest absolute Gasteiger partial charge is 0.483 e. The molecule has 1 aliphatic rings. The molecule has 1 heterocycles. The Morgan fingerprint density at radius 3 is 2.76 bits per heavy atom. The summed E-state index contributed by atoms with van der Waals surface area (Å²) in [6.07, 6.45) is 4.64. The summed E-state index contributed by atoms with van der Waals surface area (Å²) in [6, 6.07) is 10.3. The minimum atomic E-state index is -0.100. The van der Waals surface area contributed by atoms with Crippen molar-refractivity contribution in [1.29, 1.82) is 0 Å². The second-order valence-corrected chi connectivity index (χ2v) is 7.49. The molecule has 1 fully saturated rings. The fourth-order valence-corrected chi connectivity index (χ4v) is 3.67. The van der Waals surface area contributed by atoms with Gasteiger partial charge in [-0.25, -0.2) is 9.97 Å². The Balaban J connectivity index is 1.57. The number of aliphatic hydroxyl groups is 1. The Morgan fingerprint density at radius 1 is 1.31 bits per heavy atom. The quantitative estimate of drug-likeness (QED) is 0.473. The molecule has 29 heavy (non-hydrogen) atoms. The van der Waals surface area contributed by atoms with Crippen molar-refractivity contribution in [2.24, 2.45) is 11.8 Å². The third-order valence-corrected chi connectivity index (χ3v) is 5.46. The lowest BCUT2D eigenvalue weighted by Crippen LogP contribution is -2.36. The number of hydrogen-bond donors (Lipinski definition) is 2. The number of anilines is 1. The van der Waals surface area contributed by atoms with Gasteiger partial charge in [0.1, 0.15) is 18.8 Å². The van der Waals surface area contributed by atoms with Gasteiger partial charge in [-0.3, -0.25) is 0 Å². The van der Waals surface area contributed by atoms with Gasteiger partial charge in [-0.05, 0) is 36.7 Å². The van der Waals surface area contributed by atoms with Gasteiger partial charge in [0, 0.05) is 0 Å². The van der Waals surface area contributed by atoms with Crippen LogP contribution in [-0.2, 0) is 22.5 Å². The van der Waals surface area contributed by atoms with Gasteiger partial charge in [-0.15, -0.1) is 0 Å². The summed E-state index contributed by atoms with van der Waals surface area (Å²) in [6.45, 7) is 6.61. The second kappa shape index (κ2) is 10.2.